The van der Waals surface area contributed by atoms with Gasteiger partial charge >= 0.3 is 0 Å². The second kappa shape index (κ2) is 6.13. The van der Waals surface area contributed by atoms with E-state index in [9.17, 15) is 9.59 Å². The van der Waals surface area contributed by atoms with Crippen molar-refractivity contribution in [2.24, 2.45) is 0 Å². The first-order valence-corrected chi connectivity index (χ1v) is 7.16. The third-order valence-electron chi connectivity index (χ3n) is 3.16. The highest BCUT2D eigenvalue weighted by Gasteiger charge is 2.11. The summed E-state index contributed by atoms with van der Waals surface area (Å²) in [6.45, 7) is 3.79. The lowest BCUT2D eigenvalue weighted by Crippen LogP contribution is -2.25. The molecule has 0 aliphatic carbocycles. The molecule has 0 spiro atoms. The lowest BCUT2D eigenvalue weighted by atomic mass is 10.1. The van der Waals surface area contributed by atoms with E-state index in [1.54, 1.807) is 19.1 Å². The van der Waals surface area contributed by atoms with E-state index >= 15 is 0 Å². The molecule has 0 fully saturated rings. The number of ketones is 1. The van der Waals surface area contributed by atoms with Crippen LogP contribution in [0.5, 0.6) is 0 Å². The molecule has 1 aromatic heterocycles. The summed E-state index contributed by atoms with van der Waals surface area (Å²) in [7, 11) is 0. The molecule has 0 bridgehead atoms. The third-order valence-corrected chi connectivity index (χ3v) is 4.07. The smallest absolute Gasteiger partial charge is 0.268 e. The number of Topliss-reactive ketones (excluding diaryl/α,β-unsaturated/α-hetero) is 1. The number of benzene rings is 1. The van der Waals surface area contributed by atoms with Crippen LogP contribution < -0.4 is 5.56 Å². The fourth-order valence-corrected chi connectivity index (χ4v) is 2.16. The number of rotatable bonds is 4. The average Bonchev–Trinajstić information content (AvgIpc) is 2.48. The first-order valence-electron chi connectivity index (χ1n) is 6.36. The number of aromatic nitrogens is 2. The summed E-state index contributed by atoms with van der Waals surface area (Å²) in [5.74, 6) is -0.104. The van der Waals surface area contributed by atoms with Gasteiger partial charge in [-0.25, -0.2) is 4.98 Å². The zero-order valence-corrected chi connectivity index (χ0v) is 13.0. The van der Waals surface area contributed by atoms with Gasteiger partial charge in [0.2, 0.25) is 0 Å². The molecule has 0 saturated heterocycles. The molecule has 0 unspecified atom stereocenters. The Labute approximate surface area is 125 Å². The van der Waals surface area contributed by atoms with Crippen molar-refractivity contribution >= 4 is 21.7 Å². The average molecular weight is 335 g/mol. The summed E-state index contributed by atoms with van der Waals surface area (Å²) in [5.41, 5.74) is 2.16. The Balaban J connectivity index is 2.23. The Morgan fingerprint density at radius 1 is 1.30 bits per heavy atom. The van der Waals surface area contributed by atoms with Crippen LogP contribution in [0.4, 0.5) is 0 Å². The molecule has 0 N–H and O–H groups in total. The molecular formula is C15H15BrN2O2. The highest BCUT2D eigenvalue weighted by molar-refractivity contribution is 9.10. The number of hydrogen-bond donors (Lipinski definition) is 0. The summed E-state index contributed by atoms with van der Waals surface area (Å²) in [5, 5.41) is 0. The second-order valence-electron chi connectivity index (χ2n) is 4.55. The molecule has 0 atom stereocenters. The Kier molecular flexibility index (Phi) is 4.49. The number of hydrogen-bond acceptors (Lipinski definition) is 3. The van der Waals surface area contributed by atoms with Crippen LogP contribution in [0.1, 0.15) is 28.5 Å². The molecule has 4 nitrogen and oxygen atoms in total. The van der Waals surface area contributed by atoms with Crippen molar-refractivity contribution in [2.45, 2.75) is 26.8 Å². The molecule has 20 heavy (non-hydrogen) atoms. The van der Waals surface area contributed by atoms with Gasteiger partial charge in [0.05, 0.1) is 18.6 Å². The molecule has 1 aromatic carbocycles. The molecule has 5 heteroatoms. The number of aryl methyl sites for hydroxylation is 2. The van der Waals surface area contributed by atoms with E-state index in [2.05, 4.69) is 27.8 Å². The Morgan fingerprint density at radius 2 is 1.95 bits per heavy atom. The van der Waals surface area contributed by atoms with Gasteiger partial charge in [0.15, 0.2) is 5.78 Å². The lowest BCUT2D eigenvalue weighted by Gasteiger charge is -2.07. The third kappa shape index (κ3) is 3.04. The predicted molar refractivity (Wildman–Crippen MR) is 81.1 cm³/mol. The van der Waals surface area contributed by atoms with Crippen LogP contribution in [0.15, 0.2) is 39.9 Å². The van der Waals surface area contributed by atoms with E-state index in [1.165, 1.54) is 16.5 Å². The zero-order chi connectivity index (χ0) is 14.7. The van der Waals surface area contributed by atoms with Crippen molar-refractivity contribution in [1.29, 1.82) is 0 Å². The molecule has 0 radical (unpaired) electrons. The quantitative estimate of drug-likeness (QED) is 0.808. The topological polar surface area (TPSA) is 52.0 Å². The molecular weight excluding hydrogens is 320 g/mol. The van der Waals surface area contributed by atoms with E-state index in [1.807, 2.05) is 12.1 Å². The van der Waals surface area contributed by atoms with Crippen LogP contribution in [0.2, 0.25) is 0 Å². The lowest BCUT2D eigenvalue weighted by molar-refractivity contribution is 0.0970. The summed E-state index contributed by atoms with van der Waals surface area (Å²) in [6.07, 6.45) is 2.34. The van der Waals surface area contributed by atoms with Crippen molar-refractivity contribution in [3.8, 4) is 0 Å². The van der Waals surface area contributed by atoms with Crippen molar-refractivity contribution in [2.75, 3.05) is 0 Å². The minimum atomic E-state index is -0.240. The molecule has 2 rings (SSSR count). The highest BCUT2D eigenvalue weighted by atomic mass is 79.9. The minimum Gasteiger partial charge on any atom is -0.292 e. The van der Waals surface area contributed by atoms with Gasteiger partial charge < -0.3 is 0 Å². The maximum atomic E-state index is 12.2. The van der Waals surface area contributed by atoms with E-state index in [0.717, 1.165) is 6.42 Å². The van der Waals surface area contributed by atoms with Crippen LogP contribution in [0.3, 0.4) is 0 Å². The fraction of sp³-hybridized carbons (Fsp3) is 0.267. The largest absolute Gasteiger partial charge is 0.292 e. The molecule has 0 amide bonds. The van der Waals surface area contributed by atoms with E-state index < -0.39 is 0 Å². The van der Waals surface area contributed by atoms with Crippen molar-refractivity contribution in [1.82, 2.24) is 9.55 Å². The molecule has 1 heterocycles. The van der Waals surface area contributed by atoms with Gasteiger partial charge in [-0.05, 0) is 34.8 Å². The van der Waals surface area contributed by atoms with Gasteiger partial charge in [0.1, 0.15) is 4.47 Å². The second-order valence-corrected chi connectivity index (χ2v) is 5.34. The van der Waals surface area contributed by atoms with E-state index in [0.29, 0.717) is 15.7 Å². The Bertz CT molecular complexity index is 690. The Hall–Kier alpha value is -1.75. The SMILES string of the molecule is CCc1ccc(C(=O)Cn2cnc(C)c(Br)c2=O)cc1. The van der Waals surface area contributed by atoms with Crippen LogP contribution in [-0.4, -0.2) is 15.3 Å². The first-order chi connectivity index (χ1) is 9.52. The number of nitrogens with zero attached hydrogens (tertiary/aromatic N) is 2. The standard InChI is InChI=1S/C15H15BrN2O2/c1-3-11-4-6-12(7-5-11)13(19)8-18-9-17-10(2)14(16)15(18)20/h4-7,9H,3,8H2,1-2H3. The maximum absolute atomic E-state index is 12.2. The van der Waals surface area contributed by atoms with Crippen LogP contribution >= 0.6 is 15.9 Å². The van der Waals surface area contributed by atoms with Crippen molar-refractivity contribution in [3.63, 3.8) is 0 Å². The molecule has 0 aliphatic rings. The zero-order valence-electron chi connectivity index (χ0n) is 11.4. The van der Waals surface area contributed by atoms with E-state index in [4.69, 9.17) is 0 Å². The minimum absolute atomic E-state index is 0.00378. The van der Waals surface area contributed by atoms with Crippen molar-refractivity contribution < 1.29 is 4.79 Å². The number of halogens is 1. The predicted octanol–water partition coefficient (Wildman–Crippen LogP) is 2.76. The first kappa shape index (κ1) is 14.7. The van der Waals surface area contributed by atoms with Gasteiger partial charge in [-0.3, -0.25) is 14.2 Å². The molecule has 0 saturated carbocycles. The summed E-state index contributed by atoms with van der Waals surface area (Å²) >= 11 is 3.19. The maximum Gasteiger partial charge on any atom is 0.268 e. The molecule has 0 aliphatic heterocycles. The van der Waals surface area contributed by atoms with Gasteiger partial charge in [0.25, 0.3) is 5.56 Å². The molecule has 2 aromatic rings. The number of carbonyl (C=O) groups excluding carboxylic acids is 1. The van der Waals surface area contributed by atoms with Gasteiger partial charge in [-0.2, -0.15) is 0 Å². The fourth-order valence-electron chi connectivity index (χ4n) is 1.83. The van der Waals surface area contributed by atoms with Gasteiger partial charge in [-0.15, -0.1) is 0 Å². The molecule has 104 valence electrons. The number of carbonyl (C=O) groups is 1. The van der Waals surface area contributed by atoms with Gasteiger partial charge in [0, 0.05) is 5.56 Å². The normalized spacial score (nSPS) is 10.6. The monoisotopic (exact) mass is 334 g/mol. The van der Waals surface area contributed by atoms with Crippen LogP contribution in [0.25, 0.3) is 0 Å². The summed E-state index contributed by atoms with van der Waals surface area (Å²) in [4.78, 5) is 28.2. The highest BCUT2D eigenvalue weighted by Crippen LogP contribution is 2.09. The van der Waals surface area contributed by atoms with E-state index in [-0.39, 0.29) is 17.9 Å². The Morgan fingerprint density at radius 3 is 2.55 bits per heavy atom. The van der Waals surface area contributed by atoms with Gasteiger partial charge in [-0.1, -0.05) is 31.2 Å². The summed E-state index contributed by atoms with van der Waals surface area (Å²) < 4.78 is 1.71. The van der Waals surface area contributed by atoms with Crippen molar-refractivity contribution in [3.05, 3.63) is 62.2 Å². The van der Waals surface area contributed by atoms with Crippen LogP contribution in [0, 0.1) is 6.92 Å². The summed E-state index contributed by atoms with van der Waals surface area (Å²) in [6, 6.07) is 7.45. The van der Waals surface area contributed by atoms with Crippen LogP contribution in [-0.2, 0) is 13.0 Å².